The quantitative estimate of drug-likeness (QED) is 0.448. The first kappa shape index (κ1) is 24.5. The molecule has 0 fully saturated rings. The highest BCUT2D eigenvalue weighted by molar-refractivity contribution is 7.89. The topological polar surface area (TPSA) is 110 Å². The second-order valence-corrected chi connectivity index (χ2v) is 9.20. The van der Waals surface area contributed by atoms with Gasteiger partial charge < -0.3 is 10.1 Å². The summed E-state index contributed by atoms with van der Waals surface area (Å²) in [6.45, 7) is 1.51. The molecule has 0 heterocycles. The van der Waals surface area contributed by atoms with Gasteiger partial charge in [-0.1, -0.05) is 23.7 Å². The number of ketones is 1. The molecule has 0 saturated heterocycles. The van der Waals surface area contributed by atoms with Gasteiger partial charge in [-0.25, -0.2) is 17.5 Å². The zero-order valence-corrected chi connectivity index (χ0v) is 18.9. The van der Waals surface area contributed by atoms with Gasteiger partial charge in [0.05, 0.1) is 28.3 Å². The monoisotopic (exact) mass is 466 g/mol. The fourth-order valence-corrected chi connectivity index (χ4v) is 4.08. The van der Waals surface area contributed by atoms with Crippen molar-refractivity contribution in [2.75, 3.05) is 26.0 Å². The molecule has 1 amide bonds. The number of anilines is 1. The molecular weight excluding hydrogens is 444 g/mol. The van der Waals surface area contributed by atoms with Crippen LogP contribution < -0.4 is 5.32 Å². The van der Waals surface area contributed by atoms with Crippen molar-refractivity contribution in [1.82, 2.24) is 4.31 Å². The highest BCUT2D eigenvalue weighted by Gasteiger charge is 2.21. The number of ether oxygens (including phenoxy) is 1. The average molecular weight is 467 g/mol. The minimum Gasteiger partial charge on any atom is -0.465 e. The maximum atomic E-state index is 12.6. The molecule has 2 rings (SSSR count). The van der Waals surface area contributed by atoms with Gasteiger partial charge in [0.25, 0.3) is 0 Å². The first-order chi connectivity index (χ1) is 14.6. The molecule has 10 heteroatoms. The molecule has 1 N–H and O–H groups in total. The summed E-state index contributed by atoms with van der Waals surface area (Å²) in [4.78, 5) is 35.2. The third-order valence-corrected chi connectivity index (χ3v) is 6.71. The Morgan fingerprint density at radius 2 is 1.68 bits per heavy atom. The van der Waals surface area contributed by atoms with E-state index in [0.717, 1.165) is 4.31 Å². The van der Waals surface area contributed by atoms with Crippen LogP contribution in [0.2, 0.25) is 5.02 Å². The van der Waals surface area contributed by atoms with Gasteiger partial charge >= 0.3 is 5.97 Å². The Morgan fingerprint density at radius 3 is 2.26 bits per heavy atom. The second-order valence-electron chi connectivity index (χ2n) is 6.75. The van der Waals surface area contributed by atoms with E-state index in [4.69, 9.17) is 11.6 Å². The fourth-order valence-electron chi connectivity index (χ4n) is 2.70. The van der Waals surface area contributed by atoms with Crippen molar-refractivity contribution in [3.05, 3.63) is 58.6 Å². The van der Waals surface area contributed by atoms with Crippen molar-refractivity contribution < 1.29 is 27.5 Å². The summed E-state index contributed by atoms with van der Waals surface area (Å²) in [5.74, 6) is -1.09. The summed E-state index contributed by atoms with van der Waals surface area (Å²) in [5.41, 5.74) is 0.929. The fraction of sp³-hybridized carbons (Fsp3) is 0.286. The number of sulfonamides is 1. The number of rotatable bonds is 9. The lowest BCUT2D eigenvalue weighted by atomic mass is 10.2. The van der Waals surface area contributed by atoms with Crippen LogP contribution in [0.3, 0.4) is 0 Å². The van der Waals surface area contributed by atoms with E-state index in [9.17, 15) is 22.8 Å². The third kappa shape index (κ3) is 6.36. The van der Waals surface area contributed by atoms with Crippen molar-refractivity contribution in [1.29, 1.82) is 0 Å². The smallest absolute Gasteiger partial charge is 0.337 e. The molecule has 0 spiro atoms. The Bertz CT molecular complexity index is 1080. The lowest BCUT2D eigenvalue weighted by Gasteiger charge is -2.17. The van der Waals surface area contributed by atoms with Crippen LogP contribution in [0.4, 0.5) is 5.69 Å². The number of nitrogens with one attached hydrogen (secondary N) is 1. The summed E-state index contributed by atoms with van der Waals surface area (Å²) < 4.78 is 31.1. The molecule has 31 heavy (non-hydrogen) atoms. The third-order valence-electron chi connectivity index (χ3n) is 4.51. The zero-order chi connectivity index (χ0) is 23.2. The number of halogens is 1. The predicted molar refractivity (Wildman–Crippen MR) is 117 cm³/mol. The Labute approximate surface area is 186 Å². The van der Waals surface area contributed by atoms with Crippen LogP contribution in [0.15, 0.2) is 47.4 Å². The zero-order valence-electron chi connectivity index (χ0n) is 17.3. The summed E-state index contributed by atoms with van der Waals surface area (Å²) in [6, 6.07) is 10.0. The van der Waals surface area contributed by atoms with Crippen LogP contribution in [0.5, 0.6) is 0 Å². The first-order valence-electron chi connectivity index (χ1n) is 9.31. The number of benzene rings is 2. The molecule has 0 aromatic heterocycles. The SMILES string of the molecule is COC(=O)c1ccc(Cl)c(NC(=O)CCCN(C)S(=O)(=O)c2ccc(C(C)=O)cc2)c1. The molecule has 0 aliphatic carbocycles. The molecule has 0 saturated carbocycles. The number of carbonyl (C=O) groups excluding carboxylic acids is 3. The molecule has 0 atom stereocenters. The van der Waals surface area contributed by atoms with Gasteiger partial charge in [0, 0.05) is 25.6 Å². The Hall–Kier alpha value is -2.75. The van der Waals surface area contributed by atoms with E-state index >= 15 is 0 Å². The summed E-state index contributed by atoms with van der Waals surface area (Å²) >= 11 is 6.06. The summed E-state index contributed by atoms with van der Waals surface area (Å²) in [6.07, 6.45) is 0.309. The number of carbonyl (C=O) groups is 3. The summed E-state index contributed by atoms with van der Waals surface area (Å²) in [7, 11) is -1.08. The van der Waals surface area contributed by atoms with E-state index in [1.54, 1.807) is 0 Å². The highest BCUT2D eigenvalue weighted by atomic mass is 35.5. The molecule has 2 aromatic carbocycles. The largest absolute Gasteiger partial charge is 0.465 e. The van der Waals surface area contributed by atoms with Crippen molar-refractivity contribution in [2.24, 2.45) is 0 Å². The van der Waals surface area contributed by atoms with E-state index in [1.807, 2.05) is 0 Å². The standard InChI is InChI=1S/C21H23ClN2O6S/c1-14(25)15-6-9-17(10-7-15)31(28,29)24(2)12-4-5-20(26)23-19-13-16(21(27)30-3)8-11-18(19)22/h6-11,13H,4-5,12H2,1-3H3,(H,23,26). The number of methoxy groups -OCH3 is 1. The van der Waals surface area contributed by atoms with Gasteiger partial charge in [-0.15, -0.1) is 0 Å². The van der Waals surface area contributed by atoms with Crippen molar-refractivity contribution in [2.45, 2.75) is 24.7 Å². The lowest BCUT2D eigenvalue weighted by molar-refractivity contribution is -0.116. The van der Waals surface area contributed by atoms with Crippen LogP contribution in [-0.4, -0.2) is 51.1 Å². The van der Waals surface area contributed by atoms with Gasteiger partial charge in [0.15, 0.2) is 5.78 Å². The second kappa shape index (κ2) is 10.5. The molecule has 166 valence electrons. The van der Waals surface area contributed by atoms with Gasteiger partial charge in [-0.3, -0.25) is 9.59 Å². The van der Waals surface area contributed by atoms with E-state index in [2.05, 4.69) is 10.1 Å². The highest BCUT2D eigenvalue weighted by Crippen LogP contribution is 2.24. The van der Waals surface area contributed by atoms with E-state index < -0.39 is 16.0 Å². The van der Waals surface area contributed by atoms with E-state index in [0.29, 0.717) is 5.56 Å². The van der Waals surface area contributed by atoms with Gasteiger partial charge in [-0.2, -0.15) is 0 Å². The molecule has 8 nitrogen and oxygen atoms in total. The number of esters is 1. The lowest BCUT2D eigenvalue weighted by Crippen LogP contribution is -2.28. The molecule has 0 radical (unpaired) electrons. The maximum Gasteiger partial charge on any atom is 0.337 e. The molecule has 0 aliphatic rings. The molecule has 0 bridgehead atoms. The average Bonchev–Trinajstić information content (AvgIpc) is 2.74. The first-order valence-corrected chi connectivity index (χ1v) is 11.1. The van der Waals surface area contributed by atoms with Crippen LogP contribution in [0.1, 0.15) is 40.5 Å². The van der Waals surface area contributed by atoms with Crippen molar-refractivity contribution >= 4 is 45.0 Å². The number of hydrogen-bond acceptors (Lipinski definition) is 6. The minimum atomic E-state index is -3.75. The van der Waals surface area contributed by atoms with Gasteiger partial charge in [0.1, 0.15) is 0 Å². The van der Waals surface area contributed by atoms with Crippen LogP contribution in [0, 0.1) is 0 Å². The number of hydrogen-bond donors (Lipinski definition) is 1. The van der Waals surface area contributed by atoms with Crippen molar-refractivity contribution in [3.63, 3.8) is 0 Å². The van der Waals surface area contributed by atoms with E-state index in [-0.39, 0.29) is 52.2 Å². The Morgan fingerprint density at radius 1 is 1.06 bits per heavy atom. The maximum absolute atomic E-state index is 12.6. The van der Waals surface area contributed by atoms with Gasteiger partial charge in [0.2, 0.25) is 15.9 Å². The minimum absolute atomic E-state index is 0.0436. The predicted octanol–water partition coefficient (Wildman–Crippen LogP) is 3.37. The number of amides is 1. The summed E-state index contributed by atoms with van der Waals surface area (Å²) in [5, 5.41) is 2.87. The van der Waals surface area contributed by atoms with Crippen LogP contribution >= 0.6 is 11.6 Å². The molecule has 0 aliphatic heterocycles. The number of Topliss-reactive ketones (excluding diaryl/α,β-unsaturated/α-hetero) is 1. The Kier molecular flexibility index (Phi) is 8.32. The van der Waals surface area contributed by atoms with Crippen LogP contribution in [-0.2, 0) is 19.6 Å². The molecule has 0 unspecified atom stereocenters. The molecular formula is C21H23ClN2O6S. The van der Waals surface area contributed by atoms with Crippen molar-refractivity contribution in [3.8, 4) is 0 Å². The molecule has 2 aromatic rings. The number of nitrogens with zero attached hydrogens (tertiary/aromatic N) is 1. The van der Waals surface area contributed by atoms with Gasteiger partial charge in [-0.05, 0) is 43.7 Å². The van der Waals surface area contributed by atoms with Crippen LogP contribution in [0.25, 0.3) is 0 Å². The normalized spacial score (nSPS) is 11.3. The Balaban J connectivity index is 1.94. The van der Waals surface area contributed by atoms with E-state index in [1.165, 1.54) is 63.5 Å².